The first-order valence-electron chi connectivity index (χ1n) is 8.87. The number of nitrogens with zero attached hydrogens (tertiary/aromatic N) is 2. The molecule has 1 fully saturated rings. The molecule has 0 bridgehead atoms. The van der Waals surface area contributed by atoms with E-state index in [1.54, 1.807) is 0 Å². The molecular weight excluding hydrogens is 393 g/mol. The summed E-state index contributed by atoms with van der Waals surface area (Å²) >= 11 is 0. The number of ether oxygens (including phenoxy) is 1. The van der Waals surface area contributed by atoms with Gasteiger partial charge in [0.1, 0.15) is 10.6 Å². The van der Waals surface area contributed by atoms with Crippen LogP contribution in [0.25, 0.3) is 0 Å². The molecule has 2 aromatic carbocycles. The summed E-state index contributed by atoms with van der Waals surface area (Å²) < 4.78 is 69.0. The third kappa shape index (κ3) is 5.24. The second-order valence-electron chi connectivity index (χ2n) is 6.51. The fourth-order valence-electron chi connectivity index (χ4n) is 3.20. The Morgan fingerprint density at radius 1 is 0.893 bits per heavy atom. The summed E-state index contributed by atoms with van der Waals surface area (Å²) in [7, 11) is -4.10. The van der Waals surface area contributed by atoms with Crippen molar-refractivity contribution < 1.29 is 26.3 Å². The SMILES string of the molecule is O=S(=O)(c1ccccc1OC(F)(F)F)N1CCCN(Cc2ccccc2)CC1. The number of hydrogen-bond acceptors (Lipinski definition) is 4. The Labute approximate surface area is 162 Å². The van der Waals surface area contributed by atoms with Crippen molar-refractivity contribution in [3.05, 3.63) is 60.2 Å². The van der Waals surface area contributed by atoms with Crippen LogP contribution in [0.1, 0.15) is 12.0 Å². The number of alkyl halides is 3. The van der Waals surface area contributed by atoms with E-state index in [2.05, 4.69) is 9.64 Å². The van der Waals surface area contributed by atoms with Crippen LogP contribution in [0.2, 0.25) is 0 Å². The van der Waals surface area contributed by atoms with Gasteiger partial charge in [-0.25, -0.2) is 8.42 Å². The lowest BCUT2D eigenvalue weighted by atomic mass is 10.2. The van der Waals surface area contributed by atoms with Crippen molar-refractivity contribution in [1.29, 1.82) is 0 Å². The van der Waals surface area contributed by atoms with Crippen LogP contribution < -0.4 is 4.74 Å². The van der Waals surface area contributed by atoms with Gasteiger partial charge >= 0.3 is 6.36 Å². The highest BCUT2D eigenvalue weighted by Crippen LogP contribution is 2.31. The van der Waals surface area contributed by atoms with Gasteiger partial charge in [-0.1, -0.05) is 42.5 Å². The van der Waals surface area contributed by atoms with Crippen molar-refractivity contribution in [2.24, 2.45) is 0 Å². The molecule has 0 N–H and O–H groups in total. The molecule has 1 saturated heterocycles. The number of rotatable bonds is 5. The lowest BCUT2D eigenvalue weighted by Gasteiger charge is -2.23. The van der Waals surface area contributed by atoms with Crippen LogP contribution in [-0.4, -0.2) is 50.2 Å². The van der Waals surface area contributed by atoms with Gasteiger partial charge in [0.05, 0.1) is 0 Å². The van der Waals surface area contributed by atoms with Gasteiger partial charge < -0.3 is 4.74 Å². The Balaban J connectivity index is 1.75. The zero-order valence-electron chi connectivity index (χ0n) is 15.1. The van der Waals surface area contributed by atoms with Crippen LogP contribution in [0.15, 0.2) is 59.5 Å². The van der Waals surface area contributed by atoms with E-state index in [0.717, 1.165) is 17.7 Å². The van der Waals surface area contributed by atoms with E-state index in [1.165, 1.54) is 16.4 Å². The fourth-order valence-corrected chi connectivity index (χ4v) is 4.78. The predicted molar refractivity (Wildman–Crippen MR) is 98.2 cm³/mol. The van der Waals surface area contributed by atoms with Gasteiger partial charge in [0, 0.05) is 26.2 Å². The topological polar surface area (TPSA) is 49.9 Å². The summed E-state index contributed by atoms with van der Waals surface area (Å²) in [6.45, 7) is 2.35. The molecule has 152 valence electrons. The van der Waals surface area contributed by atoms with E-state index in [0.29, 0.717) is 26.1 Å². The highest BCUT2D eigenvalue weighted by molar-refractivity contribution is 7.89. The monoisotopic (exact) mass is 414 g/mol. The minimum atomic E-state index is -4.96. The molecule has 1 aliphatic heterocycles. The van der Waals surface area contributed by atoms with Gasteiger partial charge in [-0.15, -0.1) is 13.2 Å². The van der Waals surface area contributed by atoms with Gasteiger partial charge in [0.2, 0.25) is 10.0 Å². The van der Waals surface area contributed by atoms with Crippen LogP contribution in [0.3, 0.4) is 0 Å². The summed E-state index contributed by atoms with van der Waals surface area (Å²) in [6.07, 6.45) is -4.37. The normalized spacial score (nSPS) is 17.2. The lowest BCUT2D eigenvalue weighted by Crippen LogP contribution is -2.35. The fraction of sp³-hybridized carbons (Fsp3) is 0.368. The summed E-state index contributed by atoms with van der Waals surface area (Å²) in [4.78, 5) is 1.67. The zero-order valence-corrected chi connectivity index (χ0v) is 15.9. The lowest BCUT2D eigenvalue weighted by molar-refractivity contribution is -0.275. The van der Waals surface area contributed by atoms with Crippen LogP contribution in [0.5, 0.6) is 5.75 Å². The minimum absolute atomic E-state index is 0.204. The van der Waals surface area contributed by atoms with Crippen molar-refractivity contribution >= 4 is 10.0 Å². The molecule has 0 amide bonds. The standard InChI is InChI=1S/C19H21F3N2O3S/c20-19(21,22)27-17-9-4-5-10-18(17)28(25,26)24-12-6-11-23(13-14-24)15-16-7-2-1-3-8-16/h1-5,7-10H,6,11-15H2. The van der Waals surface area contributed by atoms with Gasteiger partial charge in [0.15, 0.2) is 0 Å². The summed E-state index contributed by atoms with van der Waals surface area (Å²) in [5.41, 5.74) is 1.13. The first-order valence-corrected chi connectivity index (χ1v) is 10.3. The first-order chi connectivity index (χ1) is 13.3. The summed E-state index contributed by atoms with van der Waals surface area (Å²) in [6, 6.07) is 14.7. The molecule has 3 rings (SSSR count). The van der Waals surface area contributed by atoms with E-state index in [4.69, 9.17) is 0 Å². The molecule has 5 nitrogen and oxygen atoms in total. The summed E-state index contributed by atoms with van der Waals surface area (Å²) in [5.74, 6) is -0.708. The third-order valence-corrected chi connectivity index (χ3v) is 6.43. The maximum Gasteiger partial charge on any atom is 0.573 e. The molecule has 1 aliphatic rings. The molecule has 0 radical (unpaired) electrons. The molecule has 0 spiro atoms. The van der Waals surface area contributed by atoms with E-state index >= 15 is 0 Å². The first kappa shape index (κ1) is 20.6. The van der Waals surface area contributed by atoms with Crippen LogP contribution in [0, 0.1) is 0 Å². The average molecular weight is 414 g/mol. The maximum absolute atomic E-state index is 13.0. The van der Waals surface area contributed by atoms with E-state index < -0.39 is 27.0 Å². The Morgan fingerprint density at radius 3 is 2.29 bits per heavy atom. The molecule has 9 heteroatoms. The Bertz CT molecular complexity index is 889. The van der Waals surface area contributed by atoms with E-state index in [9.17, 15) is 21.6 Å². The number of hydrogen-bond donors (Lipinski definition) is 0. The van der Waals surface area contributed by atoms with Crippen LogP contribution in [-0.2, 0) is 16.6 Å². The molecule has 28 heavy (non-hydrogen) atoms. The smallest absolute Gasteiger partial charge is 0.404 e. The molecule has 0 aliphatic carbocycles. The highest BCUT2D eigenvalue weighted by atomic mass is 32.2. The largest absolute Gasteiger partial charge is 0.573 e. The zero-order chi connectivity index (χ0) is 20.2. The summed E-state index contributed by atoms with van der Waals surface area (Å²) in [5, 5.41) is 0. The van der Waals surface area contributed by atoms with Crippen molar-refractivity contribution in [2.45, 2.75) is 24.2 Å². The van der Waals surface area contributed by atoms with Crippen LogP contribution >= 0.6 is 0 Å². The predicted octanol–water partition coefficient (Wildman–Crippen LogP) is 3.48. The maximum atomic E-state index is 13.0. The molecule has 2 aromatic rings. The number of sulfonamides is 1. The van der Waals surface area contributed by atoms with Gasteiger partial charge in [-0.3, -0.25) is 4.90 Å². The van der Waals surface area contributed by atoms with Crippen molar-refractivity contribution in [1.82, 2.24) is 9.21 Å². The number of benzene rings is 2. The molecule has 0 saturated carbocycles. The third-order valence-electron chi connectivity index (χ3n) is 4.49. The van der Waals surface area contributed by atoms with E-state index in [1.807, 2.05) is 30.3 Å². The van der Waals surface area contributed by atoms with Gasteiger partial charge in [0.25, 0.3) is 0 Å². The second-order valence-corrected chi connectivity index (χ2v) is 8.42. The van der Waals surface area contributed by atoms with Gasteiger partial charge in [-0.05, 0) is 30.7 Å². The Kier molecular flexibility index (Phi) is 6.26. The van der Waals surface area contributed by atoms with Crippen LogP contribution in [0.4, 0.5) is 13.2 Å². The van der Waals surface area contributed by atoms with E-state index in [-0.39, 0.29) is 13.1 Å². The highest BCUT2D eigenvalue weighted by Gasteiger charge is 2.36. The minimum Gasteiger partial charge on any atom is -0.404 e. The molecular formula is C19H21F3N2O3S. The second kappa shape index (κ2) is 8.50. The molecule has 1 heterocycles. The Hall–Kier alpha value is -2.10. The van der Waals surface area contributed by atoms with Gasteiger partial charge in [-0.2, -0.15) is 4.31 Å². The molecule has 0 aromatic heterocycles. The van der Waals surface area contributed by atoms with Crippen molar-refractivity contribution in [2.75, 3.05) is 26.2 Å². The molecule has 0 atom stereocenters. The number of para-hydroxylation sites is 1. The average Bonchev–Trinajstić information content (AvgIpc) is 2.88. The number of halogens is 3. The molecule has 0 unspecified atom stereocenters. The van der Waals surface area contributed by atoms with Crippen molar-refractivity contribution in [3.63, 3.8) is 0 Å². The quantitative estimate of drug-likeness (QED) is 0.752. The Morgan fingerprint density at radius 2 is 1.57 bits per heavy atom. The van der Waals surface area contributed by atoms with Crippen molar-refractivity contribution in [3.8, 4) is 5.75 Å².